The van der Waals surface area contributed by atoms with E-state index >= 15 is 0 Å². The second-order valence-electron chi connectivity index (χ2n) is 6.91. The molecule has 1 aliphatic heterocycles. The topological polar surface area (TPSA) is 50.2 Å². The summed E-state index contributed by atoms with van der Waals surface area (Å²) in [4.78, 5) is 14.4. The molecule has 0 radical (unpaired) electrons. The summed E-state index contributed by atoms with van der Waals surface area (Å²) in [5, 5.41) is 7.57. The van der Waals surface area contributed by atoms with Crippen LogP contribution in [-0.2, 0) is 11.3 Å². The Morgan fingerprint density at radius 3 is 2.83 bits per heavy atom. The molecule has 130 valence electrons. The standard InChI is InChI=1S/C17H30N4OS/c1-13(2)15-10-20(11-16(15)19-17(22)12-23-4)6-5-7-21-9-14(3)8-18-21/h8-9,13,15-16H,5-7,10-12H2,1-4H3,(H,19,22)/t15-,16+/m1/s1. The zero-order valence-corrected chi connectivity index (χ0v) is 15.6. The number of thioether (sulfide) groups is 1. The van der Waals surface area contributed by atoms with E-state index < -0.39 is 0 Å². The van der Waals surface area contributed by atoms with E-state index in [9.17, 15) is 4.79 Å². The second-order valence-corrected chi connectivity index (χ2v) is 7.77. The maximum atomic E-state index is 11.9. The van der Waals surface area contributed by atoms with Crippen molar-refractivity contribution in [2.75, 3.05) is 31.6 Å². The van der Waals surface area contributed by atoms with Crippen LogP contribution in [0.3, 0.4) is 0 Å². The number of likely N-dealkylation sites (tertiary alicyclic amines) is 1. The van der Waals surface area contributed by atoms with Crippen LogP contribution in [0.4, 0.5) is 0 Å². The molecule has 0 aromatic carbocycles. The predicted molar refractivity (Wildman–Crippen MR) is 96.7 cm³/mol. The Morgan fingerprint density at radius 1 is 1.43 bits per heavy atom. The molecule has 0 bridgehead atoms. The minimum atomic E-state index is 0.169. The first-order valence-corrected chi connectivity index (χ1v) is 9.88. The fourth-order valence-corrected chi connectivity index (χ4v) is 3.69. The zero-order valence-electron chi connectivity index (χ0n) is 14.8. The SMILES string of the molecule is CSCC(=O)N[C@H]1CN(CCCn2cc(C)cn2)C[C@@H]1C(C)C. The van der Waals surface area contributed by atoms with Crippen LogP contribution >= 0.6 is 11.8 Å². The molecule has 1 aromatic heterocycles. The molecule has 0 spiro atoms. The van der Waals surface area contributed by atoms with Crippen LogP contribution in [0, 0.1) is 18.8 Å². The predicted octanol–water partition coefficient (Wildman–Crippen LogP) is 2.02. The quantitative estimate of drug-likeness (QED) is 0.788. The highest BCUT2D eigenvalue weighted by Crippen LogP contribution is 2.24. The maximum absolute atomic E-state index is 11.9. The zero-order chi connectivity index (χ0) is 16.8. The molecule has 2 rings (SSSR count). The van der Waals surface area contributed by atoms with Crippen molar-refractivity contribution in [3.63, 3.8) is 0 Å². The number of hydrogen-bond acceptors (Lipinski definition) is 4. The van der Waals surface area contributed by atoms with E-state index in [1.807, 2.05) is 17.1 Å². The summed E-state index contributed by atoms with van der Waals surface area (Å²) < 4.78 is 2.02. The van der Waals surface area contributed by atoms with Crippen molar-refractivity contribution < 1.29 is 4.79 Å². The molecule has 2 atom stereocenters. The normalized spacial score (nSPS) is 22.0. The first-order chi connectivity index (χ1) is 11.0. The number of rotatable bonds is 8. The number of nitrogens with zero attached hydrogens (tertiary/aromatic N) is 3. The Hall–Kier alpha value is -1.01. The van der Waals surface area contributed by atoms with E-state index in [0.29, 0.717) is 23.6 Å². The van der Waals surface area contributed by atoms with Crippen LogP contribution in [0.1, 0.15) is 25.8 Å². The van der Waals surface area contributed by atoms with Gasteiger partial charge in [-0.2, -0.15) is 16.9 Å². The van der Waals surface area contributed by atoms with Gasteiger partial charge in [0.05, 0.1) is 11.9 Å². The van der Waals surface area contributed by atoms with Gasteiger partial charge in [0.2, 0.25) is 5.91 Å². The molecule has 23 heavy (non-hydrogen) atoms. The number of carbonyl (C=O) groups excluding carboxylic acids is 1. The Kier molecular flexibility index (Phi) is 6.96. The van der Waals surface area contributed by atoms with E-state index in [2.05, 4.69) is 42.3 Å². The Morgan fingerprint density at radius 2 is 2.22 bits per heavy atom. The Labute approximate surface area is 144 Å². The van der Waals surface area contributed by atoms with Crippen molar-refractivity contribution in [2.24, 2.45) is 11.8 Å². The van der Waals surface area contributed by atoms with Crippen LogP contribution in [0.15, 0.2) is 12.4 Å². The highest BCUT2D eigenvalue weighted by molar-refractivity contribution is 7.99. The number of aryl methyl sites for hydroxylation is 2. The van der Waals surface area contributed by atoms with Gasteiger partial charge in [0.1, 0.15) is 0 Å². The van der Waals surface area contributed by atoms with E-state index in [-0.39, 0.29) is 5.91 Å². The molecule has 6 heteroatoms. The van der Waals surface area contributed by atoms with Gasteiger partial charge in [0, 0.05) is 31.9 Å². The fourth-order valence-electron chi connectivity index (χ4n) is 3.35. The molecule has 1 saturated heterocycles. The summed E-state index contributed by atoms with van der Waals surface area (Å²) in [6.45, 7) is 10.7. The average molecular weight is 339 g/mol. The minimum absolute atomic E-state index is 0.169. The van der Waals surface area contributed by atoms with E-state index in [1.54, 1.807) is 11.8 Å². The van der Waals surface area contributed by atoms with E-state index in [1.165, 1.54) is 5.56 Å². The van der Waals surface area contributed by atoms with Gasteiger partial charge < -0.3 is 10.2 Å². The number of amides is 1. The molecule has 1 aromatic rings. The third-order valence-electron chi connectivity index (χ3n) is 4.54. The molecule has 0 aliphatic carbocycles. The van der Waals surface area contributed by atoms with Crippen molar-refractivity contribution in [3.8, 4) is 0 Å². The van der Waals surface area contributed by atoms with Gasteiger partial charge in [0.15, 0.2) is 0 Å². The van der Waals surface area contributed by atoms with Crippen LogP contribution in [0.2, 0.25) is 0 Å². The van der Waals surface area contributed by atoms with Crippen molar-refractivity contribution >= 4 is 17.7 Å². The smallest absolute Gasteiger partial charge is 0.230 e. The molecule has 1 N–H and O–H groups in total. The molecule has 5 nitrogen and oxygen atoms in total. The molecule has 1 amide bonds. The van der Waals surface area contributed by atoms with Crippen molar-refractivity contribution in [1.82, 2.24) is 20.0 Å². The van der Waals surface area contributed by atoms with Crippen molar-refractivity contribution in [2.45, 2.75) is 39.8 Å². The molecule has 1 fully saturated rings. The lowest BCUT2D eigenvalue weighted by atomic mass is 9.91. The van der Waals surface area contributed by atoms with Crippen LogP contribution < -0.4 is 5.32 Å². The van der Waals surface area contributed by atoms with Crippen molar-refractivity contribution in [1.29, 1.82) is 0 Å². The lowest BCUT2D eigenvalue weighted by Gasteiger charge is -2.22. The van der Waals surface area contributed by atoms with Gasteiger partial charge >= 0.3 is 0 Å². The van der Waals surface area contributed by atoms with Crippen LogP contribution in [-0.4, -0.2) is 58.3 Å². The number of carbonyl (C=O) groups is 1. The third kappa shape index (κ3) is 5.53. The number of hydrogen-bond donors (Lipinski definition) is 1. The summed E-state index contributed by atoms with van der Waals surface area (Å²) in [7, 11) is 0. The molecular weight excluding hydrogens is 308 g/mol. The van der Waals surface area contributed by atoms with E-state index in [4.69, 9.17) is 0 Å². The summed E-state index contributed by atoms with van der Waals surface area (Å²) >= 11 is 1.58. The van der Waals surface area contributed by atoms with Gasteiger partial charge in [-0.15, -0.1) is 0 Å². The number of nitrogens with one attached hydrogen (secondary N) is 1. The minimum Gasteiger partial charge on any atom is -0.351 e. The fraction of sp³-hybridized carbons (Fsp3) is 0.765. The third-order valence-corrected chi connectivity index (χ3v) is 5.09. The van der Waals surface area contributed by atoms with Crippen LogP contribution in [0.25, 0.3) is 0 Å². The highest BCUT2D eigenvalue weighted by atomic mass is 32.2. The van der Waals surface area contributed by atoms with Gasteiger partial charge in [-0.25, -0.2) is 0 Å². The lowest BCUT2D eigenvalue weighted by Crippen LogP contribution is -2.42. The van der Waals surface area contributed by atoms with Gasteiger partial charge in [-0.05, 0) is 43.5 Å². The van der Waals surface area contributed by atoms with Gasteiger partial charge in [-0.3, -0.25) is 9.48 Å². The first kappa shape index (κ1) is 18.3. The average Bonchev–Trinajstić information content (AvgIpc) is 3.06. The summed E-state index contributed by atoms with van der Waals surface area (Å²) in [5.41, 5.74) is 1.21. The Bertz CT molecular complexity index is 503. The van der Waals surface area contributed by atoms with E-state index in [0.717, 1.165) is 32.6 Å². The second kappa shape index (κ2) is 8.73. The largest absolute Gasteiger partial charge is 0.351 e. The van der Waals surface area contributed by atoms with Gasteiger partial charge in [-0.1, -0.05) is 13.8 Å². The van der Waals surface area contributed by atoms with Crippen LogP contribution in [0.5, 0.6) is 0 Å². The number of aromatic nitrogens is 2. The van der Waals surface area contributed by atoms with Crippen molar-refractivity contribution in [3.05, 3.63) is 18.0 Å². The molecule has 1 aliphatic rings. The molecular formula is C17H30N4OS. The molecule has 2 heterocycles. The lowest BCUT2D eigenvalue weighted by molar-refractivity contribution is -0.119. The summed E-state index contributed by atoms with van der Waals surface area (Å²) in [6, 6.07) is 0.293. The molecule has 0 saturated carbocycles. The maximum Gasteiger partial charge on any atom is 0.230 e. The highest BCUT2D eigenvalue weighted by Gasteiger charge is 2.35. The first-order valence-electron chi connectivity index (χ1n) is 8.49. The molecule has 0 unspecified atom stereocenters. The Balaban J connectivity index is 1.80. The van der Waals surface area contributed by atoms with Gasteiger partial charge in [0.25, 0.3) is 0 Å². The summed E-state index contributed by atoms with van der Waals surface area (Å²) in [6.07, 6.45) is 7.06. The monoisotopic (exact) mass is 338 g/mol. The summed E-state index contributed by atoms with van der Waals surface area (Å²) in [5.74, 6) is 1.86.